The maximum atomic E-state index is 12.7. The molecule has 29 heavy (non-hydrogen) atoms. The van der Waals surface area contributed by atoms with Crippen molar-refractivity contribution in [3.63, 3.8) is 0 Å². The van der Waals surface area contributed by atoms with Crippen molar-refractivity contribution in [2.45, 2.75) is 13.0 Å². The quantitative estimate of drug-likeness (QED) is 0.579. The van der Waals surface area contributed by atoms with E-state index in [4.69, 9.17) is 23.2 Å². The van der Waals surface area contributed by atoms with Crippen LogP contribution in [0, 0.1) is 0 Å². The number of carbonyl (C=O) groups excluding carboxylic acids is 1. The van der Waals surface area contributed by atoms with Gasteiger partial charge in [0.1, 0.15) is 11.0 Å². The Morgan fingerprint density at radius 1 is 1.10 bits per heavy atom. The molecule has 7 nitrogen and oxygen atoms in total. The summed E-state index contributed by atoms with van der Waals surface area (Å²) in [7, 11) is -3.80. The molecule has 1 heterocycles. The lowest BCUT2D eigenvalue weighted by Gasteiger charge is -2.28. The first-order chi connectivity index (χ1) is 13.6. The van der Waals surface area contributed by atoms with Gasteiger partial charge >= 0.3 is 0 Å². The molecule has 0 radical (unpaired) electrons. The average Bonchev–Trinajstić information content (AvgIpc) is 3.09. The van der Waals surface area contributed by atoms with Crippen molar-refractivity contribution in [2.75, 3.05) is 15.9 Å². The van der Waals surface area contributed by atoms with E-state index in [1.807, 2.05) is 30.3 Å². The van der Waals surface area contributed by atoms with E-state index in [1.54, 1.807) is 0 Å². The number of benzene rings is 2. The highest BCUT2D eigenvalue weighted by atomic mass is 35.5. The first-order valence-electron chi connectivity index (χ1n) is 8.30. The third-order valence-corrected chi connectivity index (χ3v) is 6.43. The van der Waals surface area contributed by atoms with Crippen molar-refractivity contribution >= 4 is 61.3 Å². The molecule has 3 aromatic rings. The van der Waals surface area contributed by atoms with Crippen molar-refractivity contribution in [2.24, 2.45) is 0 Å². The molecule has 0 aliphatic carbocycles. The highest BCUT2D eigenvalue weighted by molar-refractivity contribution is 7.92. The summed E-state index contributed by atoms with van der Waals surface area (Å²) < 4.78 is 25.7. The summed E-state index contributed by atoms with van der Waals surface area (Å²) in [5.74, 6) is -0.567. The number of hydrogen-bond acceptors (Lipinski definition) is 6. The third-order valence-electron chi connectivity index (χ3n) is 3.87. The summed E-state index contributed by atoms with van der Waals surface area (Å²) in [4.78, 5) is 12.7. The molecule has 0 aliphatic rings. The number of hydrogen-bond donors (Lipinski definition) is 1. The highest BCUT2D eigenvalue weighted by Crippen LogP contribution is 2.30. The Kier molecular flexibility index (Phi) is 6.42. The molecule has 1 N–H and O–H groups in total. The van der Waals surface area contributed by atoms with Crippen LogP contribution in [-0.2, 0) is 14.8 Å². The lowest BCUT2D eigenvalue weighted by Crippen LogP contribution is -2.45. The van der Waals surface area contributed by atoms with E-state index < -0.39 is 22.0 Å². The molecule has 0 aliphatic heterocycles. The van der Waals surface area contributed by atoms with Crippen LogP contribution in [0.5, 0.6) is 0 Å². The minimum Gasteiger partial charge on any atom is -0.299 e. The Morgan fingerprint density at radius 3 is 2.31 bits per heavy atom. The van der Waals surface area contributed by atoms with E-state index >= 15 is 0 Å². The monoisotopic (exact) mass is 470 g/mol. The number of aromatic nitrogens is 2. The Balaban J connectivity index is 1.84. The van der Waals surface area contributed by atoms with Crippen LogP contribution < -0.4 is 9.62 Å². The van der Waals surface area contributed by atoms with Gasteiger partial charge in [0.05, 0.1) is 11.9 Å². The number of halogens is 2. The second-order valence-corrected chi connectivity index (χ2v) is 9.84. The summed E-state index contributed by atoms with van der Waals surface area (Å²) >= 11 is 13.2. The standard InChI is InChI=1S/C18H16Cl2N4O3S2/c1-11(24(29(2,26)27)15-9-13(19)8-14(20)10-15)16(25)21-18-23-22-17(28-18)12-6-4-3-5-7-12/h3-11H,1-2H3,(H,21,23,25)/t11-/m0/s1. The second-order valence-electron chi connectivity index (χ2n) is 6.13. The lowest BCUT2D eigenvalue weighted by atomic mass is 10.2. The molecule has 0 bridgehead atoms. The third kappa shape index (κ3) is 5.24. The molecular weight excluding hydrogens is 455 g/mol. The number of rotatable bonds is 6. The molecule has 0 unspecified atom stereocenters. The van der Waals surface area contributed by atoms with Gasteiger partial charge in [-0.2, -0.15) is 0 Å². The number of sulfonamides is 1. The number of nitrogens with one attached hydrogen (secondary N) is 1. The minimum atomic E-state index is -3.80. The van der Waals surface area contributed by atoms with E-state index in [9.17, 15) is 13.2 Å². The van der Waals surface area contributed by atoms with Crippen molar-refractivity contribution in [3.8, 4) is 10.6 Å². The molecule has 1 atom stereocenters. The second kappa shape index (κ2) is 8.66. The summed E-state index contributed by atoms with van der Waals surface area (Å²) in [6, 6.07) is 12.6. The average molecular weight is 471 g/mol. The van der Waals surface area contributed by atoms with E-state index in [1.165, 1.54) is 36.5 Å². The van der Waals surface area contributed by atoms with E-state index in [0.29, 0.717) is 5.01 Å². The van der Waals surface area contributed by atoms with Crippen molar-refractivity contribution in [3.05, 3.63) is 58.6 Å². The molecule has 152 valence electrons. The Bertz CT molecular complexity index is 1120. The number of anilines is 2. The summed E-state index contributed by atoms with van der Waals surface area (Å²) in [6.45, 7) is 1.46. The van der Waals surface area contributed by atoms with Crippen LogP contribution in [0.25, 0.3) is 10.6 Å². The normalized spacial score (nSPS) is 12.4. The summed E-state index contributed by atoms with van der Waals surface area (Å²) in [5.41, 5.74) is 1.06. The fraction of sp³-hybridized carbons (Fsp3) is 0.167. The fourth-order valence-electron chi connectivity index (χ4n) is 2.66. The zero-order valence-corrected chi connectivity index (χ0v) is 18.5. The minimum absolute atomic E-state index is 0.190. The van der Waals surface area contributed by atoms with Crippen LogP contribution >= 0.6 is 34.5 Å². The fourth-order valence-corrected chi connectivity index (χ4v) is 5.08. The molecule has 2 aromatic carbocycles. The predicted octanol–water partition coefficient (Wildman–Crippen LogP) is 4.31. The van der Waals surface area contributed by atoms with Gasteiger partial charge in [0, 0.05) is 15.6 Å². The number of nitrogens with zero attached hydrogens (tertiary/aromatic N) is 3. The molecular formula is C18H16Cl2N4O3S2. The van der Waals surface area contributed by atoms with Gasteiger partial charge in [-0.1, -0.05) is 64.9 Å². The van der Waals surface area contributed by atoms with E-state index in [2.05, 4.69) is 15.5 Å². The molecule has 0 saturated carbocycles. The predicted molar refractivity (Wildman–Crippen MR) is 117 cm³/mol. The topological polar surface area (TPSA) is 92.3 Å². The van der Waals surface area contributed by atoms with Gasteiger partial charge in [0.25, 0.3) is 0 Å². The summed E-state index contributed by atoms with van der Waals surface area (Å²) in [6.07, 6.45) is 1.00. The molecule has 1 amide bonds. The SMILES string of the molecule is C[C@@H](C(=O)Nc1nnc(-c2ccccc2)s1)N(c1cc(Cl)cc(Cl)c1)S(C)(=O)=O. The van der Waals surface area contributed by atoms with Crippen LogP contribution in [-0.4, -0.2) is 36.8 Å². The van der Waals surface area contributed by atoms with Crippen LogP contribution in [0.15, 0.2) is 48.5 Å². The van der Waals surface area contributed by atoms with Crippen molar-refractivity contribution in [1.29, 1.82) is 0 Å². The van der Waals surface area contributed by atoms with Gasteiger partial charge in [-0.25, -0.2) is 8.42 Å². The Hall–Kier alpha value is -2.20. The molecule has 3 rings (SSSR count). The first-order valence-corrected chi connectivity index (χ1v) is 11.7. The maximum absolute atomic E-state index is 12.7. The van der Waals surface area contributed by atoms with Gasteiger partial charge in [-0.3, -0.25) is 14.4 Å². The first kappa shape index (κ1) is 21.5. The molecule has 0 spiro atoms. The number of carbonyl (C=O) groups is 1. The van der Waals surface area contributed by atoms with E-state index in [0.717, 1.165) is 16.1 Å². The number of amides is 1. The zero-order chi connectivity index (χ0) is 21.2. The van der Waals surface area contributed by atoms with Gasteiger partial charge in [0.15, 0.2) is 0 Å². The molecule has 0 fully saturated rings. The van der Waals surface area contributed by atoms with Crippen LogP contribution in [0.2, 0.25) is 10.0 Å². The molecule has 1 aromatic heterocycles. The van der Waals surface area contributed by atoms with E-state index in [-0.39, 0.29) is 20.9 Å². The smallest absolute Gasteiger partial charge is 0.249 e. The molecule has 0 saturated heterocycles. The van der Waals surface area contributed by atoms with Crippen molar-refractivity contribution < 1.29 is 13.2 Å². The van der Waals surface area contributed by atoms with Crippen LogP contribution in [0.3, 0.4) is 0 Å². The largest absolute Gasteiger partial charge is 0.299 e. The van der Waals surface area contributed by atoms with Crippen LogP contribution in [0.1, 0.15) is 6.92 Å². The molecule has 11 heteroatoms. The lowest BCUT2D eigenvalue weighted by molar-refractivity contribution is -0.116. The Labute approximate surface area is 182 Å². The maximum Gasteiger partial charge on any atom is 0.249 e. The van der Waals surface area contributed by atoms with Gasteiger partial charge in [-0.05, 0) is 25.1 Å². The zero-order valence-electron chi connectivity index (χ0n) is 15.3. The Morgan fingerprint density at radius 2 is 1.72 bits per heavy atom. The summed E-state index contributed by atoms with van der Waals surface area (Å²) in [5, 5.41) is 12.0. The van der Waals surface area contributed by atoms with Crippen LogP contribution in [0.4, 0.5) is 10.8 Å². The van der Waals surface area contributed by atoms with Gasteiger partial charge in [0.2, 0.25) is 21.1 Å². The van der Waals surface area contributed by atoms with Gasteiger partial charge < -0.3 is 0 Å². The van der Waals surface area contributed by atoms with Crippen molar-refractivity contribution in [1.82, 2.24) is 10.2 Å². The van der Waals surface area contributed by atoms with Gasteiger partial charge in [-0.15, -0.1) is 10.2 Å². The highest BCUT2D eigenvalue weighted by Gasteiger charge is 2.30.